The monoisotopic (exact) mass is 185 g/mol. The Morgan fingerprint density at radius 1 is 1.58 bits per heavy atom. The highest BCUT2D eigenvalue weighted by molar-refractivity contribution is 7.03. The van der Waals surface area contributed by atoms with Crippen LogP contribution in [0.15, 0.2) is 11.6 Å². The molecule has 0 aliphatic carbocycles. The maximum atomic E-state index is 5.52. The molecule has 0 amide bonds. The third-order valence-corrected chi connectivity index (χ3v) is 2.38. The van der Waals surface area contributed by atoms with E-state index in [-0.39, 0.29) is 6.29 Å². The summed E-state index contributed by atoms with van der Waals surface area (Å²) in [5.41, 5.74) is 0. The van der Waals surface area contributed by atoms with E-state index in [9.17, 15) is 0 Å². The summed E-state index contributed by atoms with van der Waals surface area (Å²) in [6, 6.07) is 0. The first-order valence-electron chi connectivity index (χ1n) is 4.13. The molecule has 1 fully saturated rings. The lowest BCUT2D eigenvalue weighted by Gasteiger charge is -2.22. The fourth-order valence-electron chi connectivity index (χ4n) is 1.21. The molecule has 1 aliphatic rings. The van der Waals surface area contributed by atoms with Gasteiger partial charge in [0, 0.05) is 6.42 Å². The fraction of sp³-hybridized carbons (Fsp3) is 0.625. The zero-order chi connectivity index (χ0) is 8.23. The van der Waals surface area contributed by atoms with Gasteiger partial charge in [0.15, 0.2) is 12.0 Å². The Balaban J connectivity index is 1.86. The normalized spacial score (nSPS) is 23.8. The molecule has 0 aromatic carbocycles. The number of ether oxygens (including phenoxy) is 2. The first-order valence-corrected chi connectivity index (χ1v) is 4.96. The Labute approximate surface area is 75.5 Å². The van der Waals surface area contributed by atoms with Crippen LogP contribution in [0.5, 0.6) is 5.75 Å². The van der Waals surface area contributed by atoms with Crippen LogP contribution in [0.2, 0.25) is 0 Å². The van der Waals surface area contributed by atoms with Gasteiger partial charge in [-0.05, 0) is 24.4 Å². The minimum atomic E-state index is -0.0462. The summed E-state index contributed by atoms with van der Waals surface area (Å²) >= 11 is 1.40. The van der Waals surface area contributed by atoms with E-state index in [0.717, 1.165) is 25.2 Å². The molecule has 0 spiro atoms. The maximum absolute atomic E-state index is 5.52. The van der Waals surface area contributed by atoms with Crippen molar-refractivity contribution >= 4 is 11.5 Å². The van der Waals surface area contributed by atoms with Gasteiger partial charge in [-0.1, -0.05) is 0 Å². The van der Waals surface area contributed by atoms with Crippen LogP contribution in [-0.2, 0) is 4.74 Å². The van der Waals surface area contributed by atoms with Crippen molar-refractivity contribution in [2.75, 3.05) is 6.61 Å². The first-order chi connectivity index (χ1) is 5.95. The van der Waals surface area contributed by atoms with Crippen molar-refractivity contribution in [3.8, 4) is 5.75 Å². The van der Waals surface area contributed by atoms with E-state index in [1.807, 2.05) is 5.38 Å². The van der Waals surface area contributed by atoms with Crippen LogP contribution in [-0.4, -0.2) is 17.3 Å². The minimum Gasteiger partial charge on any atom is -0.462 e. The molecular weight excluding hydrogens is 174 g/mol. The summed E-state index contributed by atoms with van der Waals surface area (Å²) in [6.07, 6.45) is 5.03. The minimum absolute atomic E-state index is 0.0462. The summed E-state index contributed by atoms with van der Waals surface area (Å²) in [5, 5.41) is 1.89. The lowest BCUT2D eigenvalue weighted by molar-refractivity contribution is -0.105. The van der Waals surface area contributed by atoms with Gasteiger partial charge in [0.25, 0.3) is 0 Å². The number of aromatic nitrogens is 1. The average molecular weight is 185 g/mol. The lowest BCUT2D eigenvalue weighted by Crippen LogP contribution is -2.24. The van der Waals surface area contributed by atoms with E-state index >= 15 is 0 Å². The molecular formula is C8H11NO2S. The molecule has 0 saturated carbocycles. The second kappa shape index (κ2) is 3.87. The van der Waals surface area contributed by atoms with Crippen LogP contribution >= 0.6 is 11.5 Å². The van der Waals surface area contributed by atoms with Crippen molar-refractivity contribution < 1.29 is 9.47 Å². The maximum Gasteiger partial charge on any atom is 0.199 e. The second-order valence-electron chi connectivity index (χ2n) is 2.77. The van der Waals surface area contributed by atoms with Crippen LogP contribution in [0.25, 0.3) is 0 Å². The van der Waals surface area contributed by atoms with Gasteiger partial charge < -0.3 is 9.47 Å². The van der Waals surface area contributed by atoms with Gasteiger partial charge in [-0.3, -0.25) is 0 Å². The SMILES string of the molecule is c1nscc1OC1CCCCO1. The smallest absolute Gasteiger partial charge is 0.199 e. The van der Waals surface area contributed by atoms with Gasteiger partial charge in [-0.25, -0.2) is 0 Å². The number of hydrogen-bond acceptors (Lipinski definition) is 4. The molecule has 0 N–H and O–H groups in total. The standard InChI is InChI=1S/C8H11NO2S/c1-2-4-10-8(3-1)11-7-5-9-12-6-7/h5-6,8H,1-4H2. The van der Waals surface area contributed by atoms with Crippen LogP contribution < -0.4 is 4.74 Å². The number of hydrogen-bond donors (Lipinski definition) is 0. The van der Waals surface area contributed by atoms with Crippen molar-refractivity contribution in [3.05, 3.63) is 11.6 Å². The molecule has 4 heteroatoms. The Kier molecular flexibility index (Phi) is 2.58. The van der Waals surface area contributed by atoms with Crippen LogP contribution in [0.4, 0.5) is 0 Å². The largest absolute Gasteiger partial charge is 0.462 e. The Hall–Kier alpha value is -0.610. The van der Waals surface area contributed by atoms with Gasteiger partial charge >= 0.3 is 0 Å². The summed E-state index contributed by atoms with van der Waals surface area (Å²) in [6.45, 7) is 0.822. The third-order valence-electron chi connectivity index (χ3n) is 1.82. The molecule has 2 heterocycles. The van der Waals surface area contributed by atoms with Crippen LogP contribution in [0, 0.1) is 0 Å². The topological polar surface area (TPSA) is 31.4 Å². The predicted molar refractivity (Wildman–Crippen MR) is 46.3 cm³/mol. The van der Waals surface area contributed by atoms with E-state index < -0.39 is 0 Å². The van der Waals surface area contributed by atoms with E-state index in [4.69, 9.17) is 9.47 Å². The van der Waals surface area contributed by atoms with Crippen molar-refractivity contribution in [1.29, 1.82) is 0 Å². The number of rotatable bonds is 2. The highest BCUT2D eigenvalue weighted by atomic mass is 32.1. The third kappa shape index (κ3) is 1.95. The summed E-state index contributed by atoms with van der Waals surface area (Å²) in [4.78, 5) is 0. The zero-order valence-electron chi connectivity index (χ0n) is 6.73. The van der Waals surface area contributed by atoms with E-state index in [1.165, 1.54) is 18.0 Å². The molecule has 1 aromatic rings. The fourth-order valence-corrected chi connectivity index (χ4v) is 1.66. The van der Waals surface area contributed by atoms with Gasteiger partial charge in [0.05, 0.1) is 18.2 Å². The van der Waals surface area contributed by atoms with E-state index in [0.29, 0.717) is 0 Å². The summed E-state index contributed by atoms with van der Waals surface area (Å²) < 4.78 is 14.9. The second-order valence-corrected chi connectivity index (χ2v) is 3.43. The quantitative estimate of drug-likeness (QED) is 0.706. The van der Waals surface area contributed by atoms with Gasteiger partial charge in [0.2, 0.25) is 0 Å². The Bertz CT molecular complexity index is 219. The molecule has 1 unspecified atom stereocenters. The van der Waals surface area contributed by atoms with Gasteiger partial charge in [-0.15, -0.1) is 0 Å². The first kappa shape index (κ1) is 8.01. The highest BCUT2D eigenvalue weighted by Gasteiger charge is 2.15. The molecule has 1 saturated heterocycles. The molecule has 12 heavy (non-hydrogen) atoms. The predicted octanol–water partition coefficient (Wildman–Crippen LogP) is 2.05. The molecule has 1 atom stereocenters. The van der Waals surface area contributed by atoms with E-state index in [2.05, 4.69) is 4.37 Å². The average Bonchev–Trinajstić information content (AvgIpc) is 2.59. The van der Waals surface area contributed by atoms with Crippen molar-refractivity contribution in [3.63, 3.8) is 0 Å². The molecule has 0 radical (unpaired) electrons. The highest BCUT2D eigenvalue weighted by Crippen LogP contribution is 2.19. The van der Waals surface area contributed by atoms with E-state index in [1.54, 1.807) is 6.20 Å². The summed E-state index contributed by atoms with van der Waals surface area (Å²) in [7, 11) is 0. The summed E-state index contributed by atoms with van der Waals surface area (Å²) in [5.74, 6) is 0.826. The molecule has 1 aromatic heterocycles. The molecule has 1 aliphatic heterocycles. The van der Waals surface area contributed by atoms with Gasteiger partial charge in [-0.2, -0.15) is 4.37 Å². The van der Waals surface area contributed by atoms with Gasteiger partial charge in [0.1, 0.15) is 0 Å². The van der Waals surface area contributed by atoms with Crippen molar-refractivity contribution in [1.82, 2.24) is 4.37 Å². The molecule has 0 bridgehead atoms. The van der Waals surface area contributed by atoms with Crippen molar-refractivity contribution in [2.45, 2.75) is 25.6 Å². The Morgan fingerprint density at radius 2 is 2.58 bits per heavy atom. The van der Waals surface area contributed by atoms with Crippen molar-refractivity contribution in [2.24, 2.45) is 0 Å². The van der Waals surface area contributed by atoms with Crippen LogP contribution in [0.1, 0.15) is 19.3 Å². The Morgan fingerprint density at radius 3 is 3.25 bits per heavy atom. The zero-order valence-corrected chi connectivity index (χ0v) is 7.55. The van der Waals surface area contributed by atoms with Crippen LogP contribution in [0.3, 0.4) is 0 Å². The molecule has 2 rings (SSSR count). The molecule has 66 valence electrons. The number of nitrogens with zero attached hydrogens (tertiary/aromatic N) is 1. The molecule has 3 nitrogen and oxygen atoms in total. The lowest BCUT2D eigenvalue weighted by atomic mass is 10.2.